The maximum absolute atomic E-state index is 11.0. The fourth-order valence-electron chi connectivity index (χ4n) is 1.05. The zero-order chi connectivity index (χ0) is 11.0. The van der Waals surface area contributed by atoms with Crippen molar-refractivity contribution in [2.75, 3.05) is 33.9 Å². The van der Waals surface area contributed by atoms with E-state index in [9.17, 15) is 4.79 Å². The molecule has 1 unspecified atom stereocenters. The van der Waals surface area contributed by atoms with Crippen molar-refractivity contribution < 1.29 is 14.3 Å². The van der Waals surface area contributed by atoms with Crippen molar-refractivity contribution in [2.45, 2.75) is 26.3 Å². The van der Waals surface area contributed by atoms with E-state index in [-0.39, 0.29) is 12.0 Å². The molecule has 0 amide bonds. The van der Waals surface area contributed by atoms with Gasteiger partial charge in [0.1, 0.15) is 0 Å². The molecule has 14 heavy (non-hydrogen) atoms. The van der Waals surface area contributed by atoms with Gasteiger partial charge in [-0.2, -0.15) is 0 Å². The van der Waals surface area contributed by atoms with Crippen molar-refractivity contribution in [3.63, 3.8) is 0 Å². The Morgan fingerprint density at radius 1 is 1.50 bits per heavy atom. The van der Waals surface area contributed by atoms with Crippen LogP contribution in [0.2, 0.25) is 0 Å². The molecule has 0 aliphatic carbocycles. The Morgan fingerprint density at radius 3 is 2.64 bits per heavy atom. The third-order valence-corrected chi connectivity index (χ3v) is 2.23. The smallest absolute Gasteiger partial charge is 0.307 e. The molecule has 0 N–H and O–H groups in total. The van der Waals surface area contributed by atoms with Crippen molar-refractivity contribution in [1.29, 1.82) is 0 Å². The lowest BCUT2D eigenvalue weighted by Crippen LogP contribution is -2.34. The van der Waals surface area contributed by atoms with Gasteiger partial charge in [-0.15, -0.1) is 0 Å². The molecule has 84 valence electrons. The molecule has 0 rings (SSSR count). The summed E-state index contributed by atoms with van der Waals surface area (Å²) in [7, 11) is 3.39. The van der Waals surface area contributed by atoms with Gasteiger partial charge in [-0.05, 0) is 20.9 Å². The molecule has 0 aromatic heterocycles. The Kier molecular flexibility index (Phi) is 7.42. The second-order valence-electron chi connectivity index (χ2n) is 3.31. The lowest BCUT2D eigenvalue weighted by molar-refractivity contribution is -0.141. The summed E-state index contributed by atoms with van der Waals surface area (Å²) in [6, 6.07) is 0.197. The molecule has 0 spiro atoms. The first kappa shape index (κ1) is 13.4. The number of nitrogens with zero attached hydrogens (tertiary/aromatic N) is 1. The summed E-state index contributed by atoms with van der Waals surface area (Å²) in [4.78, 5) is 13.1. The minimum Gasteiger partial charge on any atom is -0.469 e. The highest BCUT2D eigenvalue weighted by Gasteiger charge is 2.13. The van der Waals surface area contributed by atoms with E-state index < -0.39 is 0 Å². The van der Waals surface area contributed by atoms with Gasteiger partial charge >= 0.3 is 5.97 Å². The zero-order valence-electron chi connectivity index (χ0n) is 9.58. The van der Waals surface area contributed by atoms with E-state index in [1.807, 2.05) is 20.9 Å². The molecule has 0 bridgehead atoms. The molecule has 0 saturated carbocycles. The second-order valence-corrected chi connectivity index (χ2v) is 3.31. The monoisotopic (exact) mass is 203 g/mol. The Balaban J connectivity index is 3.64. The van der Waals surface area contributed by atoms with Gasteiger partial charge < -0.3 is 14.4 Å². The molecule has 0 aliphatic rings. The second kappa shape index (κ2) is 7.76. The van der Waals surface area contributed by atoms with E-state index in [2.05, 4.69) is 9.64 Å². The maximum Gasteiger partial charge on any atom is 0.307 e. The SMILES string of the molecule is CCOCCN(C)C(C)CC(=O)OC. The van der Waals surface area contributed by atoms with E-state index in [1.165, 1.54) is 7.11 Å². The minimum absolute atomic E-state index is 0.166. The molecular formula is C10H21NO3. The van der Waals surface area contributed by atoms with Crippen LogP contribution in [0.4, 0.5) is 0 Å². The average Bonchev–Trinajstić information content (AvgIpc) is 2.17. The number of methoxy groups -OCH3 is 1. The van der Waals surface area contributed by atoms with E-state index in [0.29, 0.717) is 13.0 Å². The van der Waals surface area contributed by atoms with Gasteiger partial charge in [0.2, 0.25) is 0 Å². The van der Waals surface area contributed by atoms with Crippen molar-refractivity contribution in [2.24, 2.45) is 0 Å². The normalized spacial score (nSPS) is 12.9. The van der Waals surface area contributed by atoms with Crippen molar-refractivity contribution in [1.82, 2.24) is 4.90 Å². The van der Waals surface area contributed by atoms with E-state index in [4.69, 9.17) is 4.74 Å². The van der Waals surface area contributed by atoms with Crippen LogP contribution in [0, 0.1) is 0 Å². The van der Waals surface area contributed by atoms with Crippen LogP contribution < -0.4 is 0 Å². The van der Waals surface area contributed by atoms with E-state index in [0.717, 1.165) is 13.2 Å². The van der Waals surface area contributed by atoms with Gasteiger partial charge in [0.25, 0.3) is 0 Å². The number of likely N-dealkylation sites (N-methyl/N-ethyl adjacent to an activating group) is 1. The summed E-state index contributed by atoms with van der Waals surface area (Å²) in [6.45, 7) is 6.25. The molecular weight excluding hydrogens is 182 g/mol. The van der Waals surface area contributed by atoms with Gasteiger partial charge in [-0.3, -0.25) is 4.79 Å². The van der Waals surface area contributed by atoms with Crippen LogP contribution in [0.3, 0.4) is 0 Å². The summed E-state index contributed by atoms with van der Waals surface area (Å²) in [6.07, 6.45) is 0.430. The Morgan fingerprint density at radius 2 is 2.14 bits per heavy atom. The fraction of sp³-hybridized carbons (Fsp3) is 0.900. The van der Waals surface area contributed by atoms with Gasteiger partial charge in [-0.25, -0.2) is 0 Å². The van der Waals surface area contributed by atoms with Crippen molar-refractivity contribution >= 4 is 5.97 Å². The summed E-state index contributed by atoms with van der Waals surface area (Å²) in [5, 5.41) is 0. The molecule has 0 aromatic carbocycles. The number of rotatable bonds is 7. The van der Waals surface area contributed by atoms with Gasteiger partial charge in [0.15, 0.2) is 0 Å². The summed E-state index contributed by atoms with van der Waals surface area (Å²) in [5.41, 5.74) is 0. The van der Waals surface area contributed by atoms with Crippen LogP contribution in [0.1, 0.15) is 20.3 Å². The highest BCUT2D eigenvalue weighted by molar-refractivity contribution is 5.69. The summed E-state index contributed by atoms with van der Waals surface area (Å²) in [5.74, 6) is -0.166. The summed E-state index contributed by atoms with van der Waals surface area (Å²) < 4.78 is 9.83. The van der Waals surface area contributed by atoms with Gasteiger partial charge in [-0.1, -0.05) is 0 Å². The number of esters is 1. The number of hydrogen-bond acceptors (Lipinski definition) is 4. The van der Waals surface area contributed by atoms with Gasteiger partial charge in [0.05, 0.1) is 20.1 Å². The number of hydrogen-bond donors (Lipinski definition) is 0. The number of carbonyl (C=O) groups excluding carboxylic acids is 1. The van der Waals surface area contributed by atoms with Gasteiger partial charge in [0, 0.05) is 19.2 Å². The van der Waals surface area contributed by atoms with Crippen LogP contribution in [0.25, 0.3) is 0 Å². The standard InChI is InChI=1S/C10H21NO3/c1-5-14-7-6-11(3)9(2)8-10(12)13-4/h9H,5-8H2,1-4H3. The molecule has 4 nitrogen and oxygen atoms in total. The quantitative estimate of drug-likeness (QED) is 0.455. The topological polar surface area (TPSA) is 38.8 Å². The maximum atomic E-state index is 11.0. The fourth-order valence-corrected chi connectivity index (χ4v) is 1.05. The molecule has 0 fully saturated rings. The summed E-state index contributed by atoms with van der Waals surface area (Å²) >= 11 is 0. The number of ether oxygens (including phenoxy) is 2. The Bertz CT molecular complexity index is 161. The molecule has 1 atom stereocenters. The highest BCUT2D eigenvalue weighted by atomic mass is 16.5. The molecule has 0 aromatic rings. The predicted molar refractivity (Wildman–Crippen MR) is 55.2 cm³/mol. The molecule has 0 aliphatic heterocycles. The lowest BCUT2D eigenvalue weighted by atomic mass is 10.2. The van der Waals surface area contributed by atoms with Crippen LogP contribution in [-0.4, -0.2) is 50.8 Å². The average molecular weight is 203 g/mol. The lowest BCUT2D eigenvalue weighted by Gasteiger charge is -2.23. The highest BCUT2D eigenvalue weighted by Crippen LogP contribution is 2.01. The first-order chi connectivity index (χ1) is 6.61. The molecule has 0 saturated heterocycles. The Labute approximate surface area is 86.2 Å². The van der Waals surface area contributed by atoms with Crippen molar-refractivity contribution in [3.05, 3.63) is 0 Å². The third-order valence-electron chi connectivity index (χ3n) is 2.23. The zero-order valence-corrected chi connectivity index (χ0v) is 9.58. The van der Waals surface area contributed by atoms with Crippen LogP contribution in [0.15, 0.2) is 0 Å². The Hall–Kier alpha value is -0.610. The van der Waals surface area contributed by atoms with Crippen LogP contribution in [-0.2, 0) is 14.3 Å². The predicted octanol–water partition coefficient (Wildman–Crippen LogP) is 0.906. The van der Waals surface area contributed by atoms with E-state index >= 15 is 0 Å². The van der Waals surface area contributed by atoms with Crippen LogP contribution >= 0.6 is 0 Å². The van der Waals surface area contributed by atoms with E-state index in [1.54, 1.807) is 0 Å². The minimum atomic E-state index is -0.166. The van der Waals surface area contributed by atoms with Crippen molar-refractivity contribution in [3.8, 4) is 0 Å². The largest absolute Gasteiger partial charge is 0.469 e. The van der Waals surface area contributed by atoms with Crippen LogP contribution in [0.5, 0.6) is 0 Å². The molecule has 4 heteroatoms. The third kappa shape index (κ3) is 5.94. The first-order valence-corrected chi connectivity index (χ1v) is 4.96. The molecule has 0 radical (unpaired) electrons. The first-order valence-electron chi connectivity index (χ1n) is 4.96. The molecule has 0 heterocycles. The number of carbonyl (C=O) groups is 1.